The van der Waals surface area contributed by atoms with Gasteiger partial charge in [0.05, 0.1) is 0 Å². The molecule has 1 aliphatic rings. The number of benzene rings is 1. The second kappa shape index (κ2) is 5.88. The van der Waals surface area contributed by atoms with Gasteiger partial charge in [0.25, 0.3) is 0 Å². The zero-order valence-electron chi connectivity index (χ0n) is 13.2. The zero-order valence-corrected chi connectivity index (χ0v) is 13.2. The van der Waals surface area contributed by atoms with Gasteiger partial charge < -0.3 is 10.2 Å². The fourth-order valence-electron chi connectivity index (χ4n) is 2.89. The number of nitrogens with one attached hydrogen (secondary N) is 1. The van der Waals surface area contributed by atoms with Gasteiger partial charge in [0.15, 0.2) is 0 Å². The molecule has 0 aromatic heterocycles. The van der Waals surface area contributed by atoms with Crippen LogP contribution in [0.15, 0.2) is 30.3 Å². The van der Waals surface area contributed by atoms with Gasteiger partial charge in [-0.05, 0) is 32.8 Å². The lowest BCUT2D eigenvalue weighted by atomic mass is 9.91. The SMILES string of the molecule is CCC(C)N1C(=O)C(Cc2ccccc2)NC(=O)C1(C)C. The minimum absolute atomic E-state index is 0.0119. The van der Waals surface area contributed by atoms with E-state index in [0.29, 0.717) is 6.42 Å². The Labute approximate surface area is 126 Å². The highest BCUT2D eigenvalue weighted by Crippen LogP contribution is 2.26. The van der Waals surface area contributed by atoms with Crippen molar-refractivity contribution in [3.05, 3.63) is 35.9 Å². The lowest BCUT2D eigenvalue weighted by molar-refractivity contribution is -0.158. The van der Waals surface area contributed by atoms with Crippen molar-refractivity contribution in [2.45, 2.75) is 58.2 Å². The minimum atomic E-state index is -0.792. The number of carbonyl (C=O) groups excluding carboxylic acids is 2. The topological polar surface area (TPSA) is 49.4 Å². The van der Waals surface area contributed by atoms with E-state index in [2.05, 4.69) is 5.32 Å². The van der Waals surface area contributed by atoms with Crippen molar-refractivity contribution in [2.75, 3.05) is 0 Å². The Hall–Kier alpha value is -1.84. The summed E-state index contributed by atoms with van der Waals surface area (Å²) >= 11 is 0. The lowest BCUT2D eigenvalue weighted by Gasteiger charge is -2.47. The molecule has 0 bridgehead atoms. The second-order valence-corrected chi connectivity index (χ2v) is 6.24. The molecule has 114 valence electrons. The Balaban J connectivity index is 2.25. The molecule has 1 heterocycles. The van der Waals surface area contributed by atoms with Crippen LogP contribution in [-0.2, 0) is 16.0 Å². The van der Waals surface area contributed by atoms with Crippen LogP contribution in [0, 0.1) is 0 Å². The molecule has 2 rings (SSSR count). The fraction of sp³-hybridized carbons (Fsp3) is 0.529. The monoisotopic (exact) mass is 288 g/mol. The van der Waals surface area contributed by atoms with Gasteiger partial charge in [0.2, 0.25) is 11.8 Å². The number of hydrogen-bond acceptors (Lipinski definition) is 2. The predicted molar refractivity (Wildman–Crippen MR) is 82.8 cm³/mol. The van der Waals surface area contributed by atoms with Crippen LogP contribution in [0.4, 0.5) is 0 Å². The largest absolute Gasteiger partial charge is 0.342 e. The standard InChI is InChI=1S/C17H24N2O2/c1-5-12(2)19-15(20)14(18-16(21)17(19,3)4)11-13-9-7-6-8-10-13/h6-10,12,14H,5,11H2,1-4H3,(H,18,21). The highest BCUT2D eigenvalue weighted by Gasteiger charge is 2.47. The minimum Gasteiger partial charge on any atom is -0.342 e. The van der Waals surface area contributed by atoms with E-state index >= 15 is 0 Å². The molecule has 4 heteroatoms. The van der Waals surface area contributed by atoms with E-state index < -0.39 is 11.6 Å². The van der Waals surface area contributed by atoms with Gasteiger partial charge >= 0.3 is 0 Å². The number of hydrogen-bond donors (Lipinski definition) is 1. The average Bonchev–Trinajstić information content (AvgIpc) is 2.45. The Morgan fingerprint density at radius 3 is 2.43 bits per heavy atom. The van der Waals surface area contributed by atoms with Crippen LogP contribution in [0.3, 0.4) is 0 Å². The molecule has 1 N–H and O–H groups in total. The van der Waals surface area contributed by atoms with Gasteiger partial charge in [-0.2, -0.15) is 0 Å². The number of piperazine rings is 1. The third-order valence-electron chi connectivity index (χ3n) is 4.31. The molecule has 4 nitrogen and oxygen atoms in total. The molecule has 0 radical (unpaired) electrons. The van der Waals surface area contributed by atoms with Crippen LogP contribution in [0.5, 0.6) is 0 Å². The van der Waals surface area contributed by atoms with Crippen LogP contribution in [0.1, 0.15) is 39.7 Å². The van der Waals surface area contributed by atoms with E-state index in [1.807, 2.05) is 58.0 Å². The molecule has 0 aliphatic carbocycles. The maximum Gasteiger partial charge on any atom is 0.246 e. The van der Waals surface area contributed by atoms with Crippen molar-refractivity contribution in [1.29, 1.82) is 0 Å². The summed E-state index contributed by atoms with van der Waals surface area (Å²) in [6.07, 6.45) is 1.37. The van der Waals surface area contributed by atoms with E-state index in [1.54, 1.807) is 4.90 Å². The molecule has 21 heavy (non-hydrogen) atoms. The third kappa shape index (κ3) is 2.94. The quantitative estimate of drug-likeness (QED) is 0.922. The van der Waals surface area contributed by atoms with E-state index in [0.717, 1.165) is 12.0 Å². The summed E-state index contributed by atoms with van der Waals surface area (Å²) in [4.78, 5) is 26.9. The maximum absolute atomic E-state index is 12.8. The number of amides is 2. The normalized spacial score (nSPS) is 22.9. The van der Waals surface area contributed by atoms with Crippen molar-refractivity contribution in [2.24, 2.45) is 0 Å². The van der Waals surface area contributed by atoms with Gasteiger partial charge in [-0.15, -0.1) is 0 Å². The lowest BCUT2D eigenvalue weighted by Crippen LogP contribution is -2.70. The van der Waals surface area contributed by atoms with E-state index in [1.165, 1.54) is 0 Å². The van der Waals surface area contributed by atoms with Crippen molar-refractivity contribution >= 4 is 11.8 Å². The third-order valence-corrected chi connectivity index (χ3v) is 4.31. The second-order valence-electron chi connectivity index (χ2n) is 6.24. The molecule has 1 saturated heterocycles. The summed E-state index contributed by atoms with van der Waals surface area (Å²) in [6.45, 7) is 7.65. The highest BCUT2D eigenvalue weighted by atomic mass is 16.2. The Morgan fingerprint density at radius 1 is 1.24 bits per heavy atom. The summed E-state index contributed by atoms with van der Waals surface area (Å²) in [7, 11) is 0. The predicted octanol–water partition coefficient (Wildman–Crippen LogP) is 2.13. The Bertz CT molecular complexity index is 525. The first-order chi connectivity index (χ1) is 9.87. The molecule has 1 aromatic rings. The van der Waals surface area contributed by atoms with Crippen LogP contribution in [0.2, 0.25) is 0 Å². The summed E-state index contributed by atoms with van der Waals surface area (Å²) in [6, 6.07) is 9.37. The van der Waals surface area contributed by atoms with Gasteiger partial charge in [-0.3, -0.25) is 9.59 Å². The highest BCUT2D eigenvalue weighted by molar-refractivity contribution is 5.99. The molecule has 1 aromatic carbocycles. The molecule has 1 fully saturated rings. The van der Waals surface area contributed by atoms with Crippen LogP contribution < -0.4 is 5.32 Å². The number of carbonyl (C=O) groups is 2. The summed E-state index contributed by atoms with van der Waals surface area (Å²) in [5.74, 6) is -0.0684. The van der Waals surface area contributed by atoms with E-state index in [-0.39, 0.29) is 17.9 Å². The molecule has 1 aliphatic heterocycles. The van der Waals surface area contributed by atoms with Gasteiger partial charge in [0.1, 0.15) is 11.6 Å². The van der Waals surface area contributed by atoms with Gasteiger partial charge in [0, 0.05) is 12.5 Å². The first-order valence-corrected chi connectivity index (χ1v) is 7.56. The Kier molecular flexibility index (Phi) is 4.35. The molecule has 0 spiro atoms. The molecule has 2 unspecified atom stereocenters. The zero-order chi connectivity index (χ0) is 15.6. The molecule has 0 saturated carbocycles. The first kappa shape index (κ1) is 15.5. The average molecular weight is 288 g/mol. The number of nitrogens with zero attached hydrogens (tertiary/aromatic N) is 1. The summed E-state index contributed by atoms with van der Waals surface area (Å²) in [5.41, 5.74) is 0.264. The number of rotatable bonds is 4. The maximum atomic E-state index is 12.8. The molecular weight excluding hydrogens is 264 g/mol. The molecule has 2 amide bonds. The Morgan fingerprint density at radius 2 is 1.86 bits per heavy atom. The van der Waals surface area contributed by atoms with Crippen molar-refractivity contribution in [1.82, 2.24) is 10.2 Å². The van der Waals surface area contributed by atoms with Crippen molar-refractivity contribution in [3.63, 3.8) is 0 Å². The van der Waals surface area contributed by atoms with Crippen molar-refractivity contribution < 1.29 is 9.59 Å². The summed E-state index contributed by atoms with van der Waals surface area (Å²) in [5, 5.41) is 2.88. The van der Waals surface area contributed by atoms with E-state index in [4.69, 9.17) is 0 Å². The molecule has 2 atom stereocenters. The van der Waals surface area contributed by atoms with Crippen LogP contribution >= 0.6 is 0 Å². The smallest absolute Gasteiger partial charge is 0.246 e. The fourth-order valence-corrected chi connectivity index (χ4v) is 2.89. The van der Waals surface area contributed by atoms with E-state index in [9.17, 15) is 9.59 Å². The van der Waals surface area contributed by atoms with Gasteiger partial charge in [-0.1, -0.05) is 37.3 Å². The van der Waals surface area contributed by atoms with Crippen molar-refractivity contribution in [3.8, 4) is 0 Å². The van der Waals surface area contributed by atoms with Crippen LogP contribution in [-0.4, -0.2) is 34.3 Å². The van der Waals surface area contributed by atoms with Crippen LogP contribution in [0.25, 0.3) is 0 Å². The van der Waals surface area contributed by atoms with Gasteiger partial charge in [-0.25, -0.2) is 0 Å². The first-order valence-electron chi connectivity index (χ1n) is 7.56. The summed E-state index contributed by atoms with van der Waals surface area (Å²) < 4.78 is 0. The molecular formula is C17H24N2O2.